The molecule has 0 amide bonds. The van der Waals surface area contributed by atoms with Crippen LogP contribution in [-0.4, -0.2) is 11.2 Å². The highest BCUT2D eigenvalue weighted by Crippen LogP contribution is 2.38. The molecular weight excluding hydrogens is 337 g/mol. The molecule has 2 unspecified atom stereocenters. The normalized spacial score (nSPS) is 18.5. The molecule has 3 aromatic rings. The number of pyridine rings is 1. The molecule has 1 N–H and O–H groups in total. The average Bonchev–Trinajstić information content (AvgIpc) is 2.65. The van der Waals surface area contributed by atoms with Crippen molar-refractivity contribution in [1.29, 1.82) is 0 Å². The molecule has 0 fully saturated rings. The summed E-state index contributed by atoms with van der Waals surface area (Å²) >= 11 is 0. The highest BCUT2D eigenvalue weighted by molar-refractivity contribution is 5.83. The SMILES string of the molecule is FC(F)(F)C(NC1CCCc2ncccc21)c1ccc2ccccc2c1. The molecular formula is C21H19F3N2. The van der Waals surface area contributed by atoms with Crippen molar-refractivity contribution < 1.29 is 13.2 Å². The van der Waals surface area contributed by atoms with Crippen molar-refractivity contribution in [3.05, 3.63) is 77.6 Å². The van der Waals surface area contributed by atoms with Crippen LogP contribution in [0, 0.1) is 0 Å². The topological polar surface area (TPSA) is 24.9 Å². The maximum atomic E-state index is 13.9. The molecule has 134 valence electrons. The number of aromatic nitrogens is 1. The zero-order chi connectivity index (χ0) is 18.1. The van der Waals surface area contributed by atoms with E-state index < -0.39 is 12.2 Å². The first-order valence-corrected chi connectivity index (χ1v) is 8.77. The number of benzene rings is 2. The van der Waals surface area contributed by atoms with Gasteiger partial charge in [0.05, 0.1) is 0 Å². The standard InChI is InChI=1S/C21H19F3N2/c22-21(23,24)20(16-11-10-14-5-1-2-6-15(14)13-16)26-19-9-3-8-18-17(19)7-4-12-25-18/h1-2,4-7,10-13,19-20,26H,3,8-9H2. The van der Waals surface area contributed by atoms with Crippen LogP contribution in [0.2, 0.25) is 0 Å². The van der Waals surface area contributed by atoms with Gasteiger partial charge in [-0.15, -0.1) is 0 Å². The van der Waals surface area contributed by atoms with Crippen LogP contribution in [0.3, 0.4) is 0 Å². The molecule has 1 heterocycles. The lowest BCUT2D eigenvalue weighted by atomic mass is 9.90. The van der Waals surface area contributed by atoms with E-state index in [1.54, 1.807) is 30.5 Å². The fourth-order valence-electron chi connectivity index (χ4n) is 3.75. The lowest BCUT2D eigenvalue weighted by Crippen LogP contribution is -2.38. The Hall–Kier alpha value is -2.40. The molecule has 0 saturated carbocycles. The molecule has 1 aliphatic rings. The Kier molecular flexibility index (Phi) is 4.41. The number of nitrogens with zero attached hydrogens (tertiary/aromatic N) is 1. The largest absolute Gasteiger partial charge is 0.407 e. The van der Waals surface area contributed by atoms with Crippen molar-refractivity contribution in [2.75, 3.05) is 0 Å². The first kappa shape index (κ1) is 17.0. The van der Waals surface area contributed by atoms with Crippen LogP contribution < -0.4 is 5.32 Å². The van der Waals surface area contributed by atoms with Gasteiger partial charge in [-0.1, -0.05) is 42.5 Å². The van der Waals surface area contributed by atoms with E-state index in [2.05, 4.69) is 10.3 Å². The number of hydrogen-bond acceptors (Lipinski definition) is 2. The van der Waals surface area contributed by atoms with E-state index in [1.807, 2.05) is 30.3 Å². The van der Waals surface area contributed by atoms with Gasteiger partial charge in [-0.3, -0.25) is 10.3 Å². The van der Waals surface area contributed by atoms with Crippen LogP contribution in [0.4, 0.5) is 13.2 Å². The minimum Gasteiger partial charge on any atom is -0.295 e. The van der Waals surface area contributed by atoms with Crippen molar-refractivity contribution in [2.45, 2.75) is 37.5 Å². The summed E-state index contributed by atoms with van der Waals surface area (Å²) in [7, 11) is 0. The van der Waals surface area contributed by atoms with E-state index in [4.69, 9.17) is 0 Å². The second kappa shape index (κ2) is 6.72. The molecule has 2 nitrogen and oxygen atoms in total. The smallest absolute Gasteiger partial charge is 0.295 e. The molecule has 0 saturated heterocycles. The van der Waals surface area contributed by atoms with E-state index in [1.165, 1.54) is 0 Å². The summed E-state index contributed by atoms with van der Waals surface area (Å²) in [5.41, 5.74) is 2.02. The van der Waals surface area contributed by atoms with Gasteiger partial charge < -0.3 is 0 Å². The number of halogens is 3. The molecule has 2 aromatic carbocycles. The predicted molar refractivity (Wildman–Crippen MR) is 95.8 cm³/mol. The molecule has 1 aromatic heterocycles. The number of rotatable bonds is 3. The van der Waals surface area contributed by atoms with Crippen molar-refractivity contribution in [3.63, 3.8) is 0 Å². The van der Waals surface area contributed by atoms with Gasteiger partial charge in [-0.05, 0) is 53.3 Å². The predicted octanol–water partition coefficient (Wildman–Crippen LogP) is 5.51. The van der Waals surface area contributed by atoms with Crippen molar-refractivity contribution in [3.8, 4) is 0 Å². The summed E-state index contributed by atoms with van der Waals surface area (Å²) in [6, 6.07) is 14.0. The lowest BCUT2D eigenvalue weighted by molar-refractivity contribution is -0.160. The van der Waals surface area contributed by atoms with Gasteiger partial charge in [0.15, 0.2) is 0 Å². The molecule has 0 radical (unpaired) electrons. The van der Waals surface area contributed by atoms with Gasteiger partial charge in [0.25, 0.3) is 0 Å². The fourth-order valence-corrected chi connectivity index (χ4v) is 3.75. The first-order chi connectivity index (χ1) is 12.5. The molecule has 2 atom stereocenters. The third-order valence-electron chi connectivity index (χ3n) is 5.01. The molecule has 1 aliphatic carbocycles. The van der Waals surface area contributed by atoms with Gasteiger partial charge in [0.1, 0.15) is 6.04 Å². The minimum absolute atomic E-state index is 0.243. The third kappa shape index (κ3) is 3.31. The number of nitrogens with one attached hydrogen (secondary N) is 1. The number of hydrogen-bond donors (Lipinski definition) is 1. The van der Waals surface area contributed by atoms with Crippen LogP contribution in [0.25, 0.3) is 10.8 Å². The molecule has 0 bridgehead atoms. The minimum atomic E-state index is -4.37. The second-order valence-electron chi connectivity index (χ2n) is 6.73. The Morgan fingerprint density at radius 2 is 1.81 bits per heavy atom. The van der Waals surface area contributed by atoms with E-state index >= 15 is 0 Å². The average molecular weight is 356 g/mol. The van der Waals surface area contributed by atoms with E-state index in [-0.39, 0.29) is 11.6 Å². The third-order valence-corrected chi connectivity index (χ3v) is 5.01. The first-order valence-electron chi connectivity index (χ1n) is 8.77. The fraction of sp³-hybridized carbons (Fsp3) is 0.286. The molecule has 26 heavy (non-hydrogen) atoms. The summed E-state index contributed by atoms with van der Waals surface area (Å²) in [4.78, 5) is 4.33. The summed E-state index contributed by atoms with van der Waals surface area (Å²) < 4.78 is 41.6. The van der Waals surface area contributed by atoms with E-state index in [0.29, 0.717) is 6.42 Å². The van der Waals surface area contributed by atoms with Gasteiger partial charge in [-0.25, -0.2) is 0 Å². The maximum Gasteiger partial charge on any atom is 0.407 e. The quantitative estimate of drug-likeness (QED) is 0.670. The molecule has 0 spiro atoms. The van der Waals surface area contributed by atoms with Gasteiger partial charge in [-0.2, -0.15) is 13.2 Å². The lowest BCUT2D eigenvalue weighted by Gasteiger charge is -2.31. The van der Waals surface area contributed by atoms with Crippen molar-refractivity contribution in [2.24, 2.45) is 0 Å². The second-order valence-corrected chi connectivity index (χ2v) is 6.73. The Bertz CT molecular complexity index is 920. The molecule has 4 rings (SSSR count). The van der Waals surface area contributed by atoms with Crippen LogP contribution in [-0.2, 0) is 6.42 Å². The Labute approximate surface area is 150 Å². The molecule has 0 aliphatic heterocycles. The van der Waals surface area contributed by atoms with Gasteiger partial charge >= 0.3 is 6.18 Å². The number of fused-ring (bicyclic) bond motifs is 2. The summed E-state index contributed by atoms with van der Waals surface area (Å²) in [6.07, 6.45) is -0.335. The summed E-state index contributed by atoms with van der Waals surface area (Å²) in [5, 5.41) is 4.61. The summed E-state index contributed by atoms with van der Waals surface area (Å²) in [6.45, 7) is 0. The van der Waals surface area contributed by atoms with Gasteiger partial charge in [0.2, 0.25) is 0 Å². The van der Waals surface area contributed by atoms with E-state index in [9.17, 15) is 13.2 Å². The zero-order valence-electron chi connectivity index (χ0n) is 14.1. The monoisotopic (exact) mass is 356 g/mol. The Balaban J connectivity index is 1.70. The van der Waals surface area contributed by atoms with Gasteiger partial charge in [0, 0.05) is 17.9 Å². The summed E-state index contributed by atoms with van der Waals surface area (Å²) in [5.74, 6) is 0. The zero-order valence-corrected chi connectivity index (χ0v) is 14.1. The van der Waals surface area contributed by atoms with Crippen LogP contribution >= 0.6 is 0 Å². The van der Waals surface area contributed by atoms with E-state index in [0.717, 1.165) is 34.9 Å². The number of aryl methyl sites for hydroxylation is 1. The van der Waals surface area contributed by atoms with Crippen molar-refractivity contribution >= 4 is 10.8 Å². The highest BCUT2D eigenvalue weighted by Gasteiger charge is 2.42. The van der Waals surface area contributed by atoms with Crippen molar-refractivity contribution in [1.82, 2.24) is 10.3 Å². The van der Waals surface area contributed by atoms with Crippen LogP contribution in [0.15, 0.2) is 60.8 Å². The molecule has 5 heteroatoms. The highest BCUT2D eigenvalue weighted by atomic mass is 19.4. The van der Waals surface area contributed by atoms with Crippen LogP contribution in [0.5, 0.6) is 0 Å². The Morgan fingerprint density at radius 1 is 1.00 bits per heavy atom. The number of alkyl halides is 3. The Morgan fingerprint density at radius 3 is 2.62 bits per heavy atom. The maximum absolute atomic E-state index is 13.9. The van der Waals surface area contributed by atoms with Crippen LogP contribution in [0.1, 0.15) is 41.7 Å².